The van der Waals surface area contributed by atoms with Crippen LogP contribution < -0.4 is 5.32 Å². The minimum atomic E-state index is -0.368. The normalized spacial score (nSPS) is 10.7. The van der Waals surface area contributed by atoms with E-state index in [1.165, 1.54) is 10.7 Å². The summed E-state index contributed by atoms with van der Waals surface area (Å²) >= 11 is 0. The number of aromatic nitrogens is 4. The maximum Gasteiger partial charge on any atom is 0.274 e. The first-order valence-electron chi connectivity index (χ1n) is 9.09. The average molecular weight is 387 g/mol. The topological polar surface area (TPSA) is 72.7 Å². The minimum Gasteiger partial charge on any atom is -0.346 e. The zero-order chi connectivity index (χ0) is 20.2. The van der Waals surface area contributed by atoms with Crippen LogP contribution in [0, 0.1) is 12.7 Å². The van der Waals surface area contributed by atoms with Gasteiger partial charge in [-0.25, -0.2) is 9.07 Å². The molecule has 2 heterocycles. The molecule has 2 aromatic heterocycles. The Balaban J connectivity index is 1.76. The third kappa shape index (κ3) is 3.75. The molecule has 29 heavy (non-hydrogen) atoms. The largest absolute Gasteiger partial charge is 0.346 e. The van der Waals surface area contributed by atoms with Gasteiger partial charge in [0.05, 0.1) is 5.69 Å². The molecular weight excluding hydrogens is 369 g/mol. The molecule has 4 rings (SSSR count). The molecule has 0 aliphatic rings. The van der Waals surface area contributed by atoms with E-state index in [0.29, 0.717) is 29.1 Å². The summed E-state index contributed by atoms with van der Waals surface area (Å²) in [4.78, 5) is 17.0. The lowest BCUT2D eigenvalue weighted by Crippen LogP contribution is -2.24. The number of carbonyl (C=O) groups is 1. The lowest BCUT2D eigenvalue weighted by molar-refractivity contribution is 0.0946. The lowest BCUT2D eigenvalue weighted by atomic mass is 10.1. The van der Waals surface area contributed by atoms with E-state index >= 15 is 0 Å². The second kappa shape index (κ2) is 8.02. The number of hydrogen-bond donors (Lipinski definition) is 1. The molecule has 4 aromatic rings. The number of pyridine rings is 1. The number of rotatable bonds is 5. The first-order valence-corrected chi connectivity index (χ1v) is 9.09. The summed E-state index contributed by atoms with van der Waals surface area (Å²) in [7, 11) is 0. The summed E-state index contributed by atoms with van der Waals surface area (Å²) in [5.41, 5.74) is 3.16. The van der Waals surface area contributed by atoms with Crippen molar-refractivity contribution in [2.75, 3.05) is 0 Å². The SMILES string of the molecule is Cc1c(F)cccc1-n1nnc(C(=O)NCc2ccccc2)c1-c1cccnc1. The number of benzene rings is 2. The van der Waals surface area contributed by atoms with E-state index < -0.39 is 0 Å². The van der Waals surface area contributed by atoms with E-state index in [1.807, 2.05) is 36.4 Å². The van der Waals surface area contributed by atoms with Gasteiger partial charge >= 0.3 is 0 Å². The molecule has 0 unspecified atom stereocenters. The standard InChI is InChI=1S/C22H18FN5O/c1-15-18(23)10-5-11-19(15)28-21(17-9-6-12-24-14-17)20(26-27-28)22(29)25-13-16-7-3-2-4-8-16/h2-12,14H,13H2,1H3,(H,25,29). The van der Waals surface area contributed by atoms with Crippen LogP contribution in [0.15, 0.2) is 73.1 Å². The van der Waals surface area contributed by atoms with Gasteiger partial charge in [0.25, 0.3) is 5.91 Å². The van der Waals surface area contributed by atoms with E-state index in [2.05, 4.69) is 20.6 Å². The van der Waals surface area contributed by atoms with Gasteiger partial charge in [0.15, 0.2) is 5.69 Å². The van der Waals surface area contributed by atoms with Crippen molar-refractivity contribution in [1.29, 1.82) is 0 Å². The zero-order valence-electron chi connectivity index (χ0n) is 15.7. The molecule has 6 nitrogen and oxygen atoms in total. The Hall–Kier alpha value is -3.87. The van der Waals surface area contributed by atoms with Gasteiger partial charge in [-0.05, 0) is 36.8 Å². The molecule has 1 amide bonds. The third-order valence-electron chi connectivity index (χ3n) is 4.58. The maximum absolute atomic E-state index is 14.1. The van der Waals surface area contributed by atoms with Crippen molar-refractivity contribution in [2.24, 2.45) is 0 Å². The third-order valence-corrected chi connectivity index (χ3v) is 4.58. The van der Waals surface area contributed by atoms with Crippen LogP contribution >= 0.6 is 0 Å². The van der Waals surface area contributed by atoms with Crippen LogP contribution in [0.4, 0.5) is 4.39 Å². The highest BCUT2D eigenvalue weighted by atomic mass is 19.1. The van der Waals surface area contributed by atoms with Crippen molar-refractivity contribution in [3.05, 3.63) is 95.7 Å². The summed E-state index contributed by atoms with van der Waals surface area (Å²) in [6.45, 7) is 2.02. The molecule has 0 aliphatic carbocycles. The number of halogens is 1. The Kier molecular flexibility index (Phi) is 5.11. The van der Waals surface area contributed by atoms with Crippen LogP contribution in [0.3, 0.4) is 0 Å². The molecule has 7 heteroatoms. The van der Waals surface area contributed by atoms with Crippen molar-refractivity contribution in [1.82, 2.24) is 25.3 Å². The van der Waals surface area contributed by atoms with Crippen molar-refractivity contribution in [3.8, 4) is 16.9 Å². The van der Waals surface area contributed by atoms with Crippen LogP contribution in [0.1, 0.15) is 21.6 Å². The zero-order valence-corrected chi connectivity index (χ0v) is 15.7. The van der Waals surface area contributed by atoms with E-state index in [9.17, 15) is 9.18 Å². The number of carbonyl (C=O) groups excluding carboxylic acids is 1. The summed E-state index contributed by atoms with van der Waals surface area (Å²) in [5.74, 6) is -0.724. The fourth-order valence-electron chi connectivity index (χ4n) is 3.05. The lowest BCUT2D eigenvalue weighted by Gasteiger charge is -2.11. The molecule has 0 saturated heterocycles. The first kappa shape index (κ1) is 18.5. The first-order chi connectivity index (χ1) is 14.1. The Morgan fingerprint density at radius 2 is 1.90 bits per heavy atom. The highest BCUT2D eigenvalue weighted by Gasteiger charge is 2.23. The molecule has 2 aromatic carbocycles. The fraction of sp³-hybridized carbons (Fsp3) is 0.0909. The molecule has 144 valence electrons. The molecule has 0 fully saturated rings. The summed E-state index contributed by atoms with van der Waals surface area (Å²) in [6, 6.07) is 17.9. The highest BCUT2D eigenvalue weighted by Crippen LogP contribution is 2.27. The Morgan fingerprint density at radius 1 is 1.07 bits per heavy atom. The summed E-state index contributed by atoms with van der Waals surface area (Å²) in [5, 5.41) is 11.1. The van der Waals surface area contributed by atoms with Crippen LogP contribution in [0.2, 0.25) is 0 Å². The predicted octanol–water partition coefficient (Wildman–Crippen LogP) is 3.71. The number of hydrogen-bond acceptors (Lipinski definition) is 4. The van der Waals surface area contributed by atoms with Crippen LogP contribution in [-0.4, -0.2) is 25.9 Å². The summed E-state index contributed by atoms with van der Waals surface area (Å²) in [6.07, 6.45) is 3.26. The van der Waals surface area contributed by atoms with Gasteiger partial charge in [-0.1, -0.05) is 41.6 Å². The van der Waals surface area contributed by atoms with Gasteiger partial charge in [0, 0.05) is 30.1 Å². The van der Waals surface area contributed by atoms with Gasteiger partial charge in [-0.15, -0.1) is 5.10 Å². The van der Waals surface area contributed by atoms with Gasteiger partial charge in [0.2, 0.25) is 0 Å². The van der Waals surface area contributed by atoms with Crippen LogP contribution in [0.5, 0.6) is 0 Å². The van der Waals surface area contributed by atoms with Gasteiger partial charge < -0.3 is 5.32 Å². The van der Waals surface area contributed by atoms with E-state index in [-0.39, 0.29) is 17.4 Å². The molecule has 0 saturated carbocycles. The van der Waals surface area contributed by atoms with Crippen molar-refractivity contribution in [2.45, 2.75) is 13.5 Å². The molecule has 0 aliphatic heterocycles. The van der Waals surface area contributed by atoms with Crippen molar-refractivity contribution >= 4 is 5.91 Å². The Labute approximate surface area is 167 Å². The quantitative estimate of drug-likeness (QED) is 0.567. The van der Waals surface area contributed by atoms with Crippen LogP contribution in [-0.2, 0) is 6.54 Å². The van der Waals surface area contributed by atoms with E-state index in [0.717, 1.165) is 5.56 Å². The molecule has 0 radical (unpaired) electrons. The number of nitrogens with zero attached hydrogens (tertiary/aromatic N) is 4. The van der Waals surface area contributed by atoms with Gasteiger partial charge in [-0.2, -0.15) is 0 Å². The van der Waals surface area contributed by atoms with E-state index in [4.69, 9.17) is 0 Å². The van der Waals surface area contributed by atoms with Crippen molar-refractivity contribution < 1.29 is 9.18 Å². The molecule has 0 spiro atoms. The summed E-state index contributed by atoms with van der Waals surface area (Å²) < 4.78 is 15.6. The fourth-order valence-corrected chi connectivity index (χ4v) is 3.05. The second-order valence-electron chi connectivity index (χ2n) is 6.49. The minimum absolute atomic E-state index is 0.151. The monoisotopic (exact) mass is 387 g/mol. The number of amides is 1. The maximum atomic E-state index is 14.1. The average Bonchev–Trinajstić information content (AvgIpc) is 3.20. The van der Waals surface area contributed by atoms with Gasteiger partial charge in [0.1, 0.15) is 11.5 Å². The highest BCUT2D eigenvalue weighted by molar-refractivity contribution is 5.98. The second-order valence-corrected chi connectivity index (χ2v) is 6.49. The smallest absolute Gasteiger partial charge is 0.274 e. The Morgan fingerprint density at radius 3 is 2.66 bits per heavy atom. The molecule has 0 bridgehead atoms. The molecular formula is C22H18FN5O. The van der Waals surface area contributed by atoms with Crippen LogP contribution in [0.25, 0.3) is 16.9 Å². The molecule has 1 N–H and O–H groups in total. The molecule has 0 atom stereocenters. The van der Waals surface area contributed by atoms with Crippen molar-refractivity contribution in [3.63, 3.8) is 0 Å². The van der Waals surface area contributed by atoms with E-state index in [1.54, 1.807) is 37.5 Å². The van der Waals surface area contributed by atoms with Gasteiger partial charge in [-0.3, -0.25) is 9.78 Å². The Bertz CT molecular complexity index is 1140. The number of nitrogens with one attached hydrogen (secondary N) is 1. The predicted molar refractivity (Wildman–Crippen MR) is 107 cm³/mol.